The van der Waals surface area contributed by atoms with E-state index >= 15 is 0 Å². The molecule has 2 rings (SSSR count). The second-order valence-corrected chi connectivity index (χ2v) is 7.79. The third-order valence-corrected chi connectivity index (χ3v) is 4.95. The first-order valence-electron chi connectivity index (χ1n) is 8.48. The number of rotatable bonds is 8. The van der Waals surface area contributed by atoms with Gasteiger partial charge in [0.05, 0.1) is 4.90 Å². The van der Waals surface area contributed by atoms with E-state index in [-0.39, 0.29) is 10.8 Å². The first-order valence-corrected chi connectivity index (χ1v) is 10.0. The van der Waals surface area contributed by atoms with Crippen LogP contribution in [0.15, 0.2) is 53.4 Å². The molecule has 0 aliphatic heterocycles. The molecular weight excluding hydrogens is 350 g/mol. The molecule has 0 aliphatic carbocycles. The topological polar surface area (TPSA) is 92.5 Å². The van der Waals surface area contributed by atoms with Gasteiger partial charge in [-0.1, -0.05) is 42.8 Å². The number of anilines is 1. The molecule has 3 N–H and O–H groups in total. The molecule has 140 valence electrons. The van der Waals surface area contributed by atoms with E-state index in [1.807, 2.05) is 6.07 Å². The summed E-state index contributed by atoms with van der Waals surface area (Å²) in [5.74, 6) is -0.167. The minimum absolute atomic E-state index is 0.0232. The molecule has 0 atom stereocenters. The number of nitrogens with zero attached hydrogens (tertiary/aromatic N) is 1. The maximum Gasteiger partial charge on any atom is 0.238 e. The lowest BCUT2D eigenvalue weighted by Crippen LogP contribution is -2.27. The maximum absolute atomic E-state index is 12.2. The Morgan fingerprint density at radius 2 is 1.88 bits per heavy atom. The lowest BCUT2D eigenvalue weighted by Gasteiger charge is -2.20. The molecule has 0 spiro atoms. The highest BCUT2D eigenvalue weighted by atomic mass is 32.2. The van der Waals surface area contributed by atoms with Crippen LogP contribution >= 0.6 is 0 Å². The number of hydrogen-bond acceptors (Lipinski definition) is 4. The van der Waals surface area contributed by atoms with Crippen LogP contribution in [0.1, 0.15) is 24.5 Å². The van der Waals surface area contributed by atoms with E-state index in [1.54, 1.807) is 12.1 Å². The highest BCUT2D eigenvalue weighted by Gasteiger charge is 2.11. The summed E-state index contributed by atoms with van der Waals surface area (Å²) in [5, 5.41) is 7.83. The normalized spacial score (nSPS) is 11.5. The molecule has 0 unspecified atom stereocenters. The number of aryl methyl sites for hydroxylation is 1. The van der Waals surface area contributed by atoms with Crippen molar-refractivity contribution in [2.45, 2.75) is 31.7 Å². The Kier molecular flexibility index (Phi) is 6.90. The predicted octanol–water partition coefficient (Wildman–Crippen LogP) is 2.49. The van der Waals surface area contributed by atoms with E-state index in [1.165, 1.54) is 23.3 Å². The Bertz CT molecular complexity index is 866. The van der Waals surface area contributed by atoms with Crippen LogP contribution < -0.4 is 10.5 Å². The Labute approximate surface area is 155 Å². The summed E-state index contributed by atoms with van der Waals surface area (Å²) in [6.45, 7) is 6.35. The molecule has 1 amide bonds. The third kappa shape index (κ3) is 6.25. The van der Waals surface area contributed by atoms with Gasteiger partial charge in [-0.2, -0.15) is 0 Å². The molecule has 0 saturated carbocycles. The Morgan fingerprint density at radius 3 is 2.54 bits per heavy atom. The fourth-order valence-corrected chi connectivity index (χ4v) is 3.21. The second-order valence-electron chi connectivity index (χ2n) is 6.23. The first-order chi connectivity index (χ1) is 12.3. The fraction of sp³-hybridized carbons (Fsp3) is 0.316. The lowest BCUT2D eigenvalue weighted by atomic mass is 10.1. The average molecular weight is 375 g/mol. The number of carbonyl (C=O) groups excluding carboxylic acids is 1. The maximum atomic E-state index is 12.2. The molecule has 0 bridgehead atoms. The number of nitrogens with one attached hydrogen (secondary N) is 1. The van der Waals surface area contributed by atoms with Crippen LogP contribution in [0.5, 0.6) is 0 Å². The van der Waals surface area contributed by atoms with Gasteiger partial charge in [0.2, 0.25) is 15.9 Å². The van der Waals surface area contributed by atoms with E-state index < -0.39 is 10.0 Å². The highest BCUT2D eigenvalue weighted by molar-refractivity contribution is 7.89. The van der Waals surface area contributed by atoms with Crippen molar-refractivity contribution in [3.63, 3.8) is 0 Å². The van der Waals surface area contributed by atoms with Crippen LogP contribution in [-0.4, -0.2) is 32.3 Å². The summed E-state index contributed by atoms with van der Waals surface area (Å²) < 4.78 is 22.8. The quantitative estimate of drug-likeness (QED) is 0.741. The molecule has 0 fully saturated rings. The SMILES string of the molecule is CCN(CCC(=O)Nc1cccc(S(N)(=O)=O)c1)Cc1cccc(C)c1. The molecule has 0 saturated heterocycles. The van der Waals surface area contributed by atoms with Gasteiger partial charge in [0.25, 0.3) is 0 Å². The molecular formula is C19H25N3O3S. The van der Waals surface area contributed by atoms with E-state index in [0.717, 1.165) is 13.1 Å². The lowest BCUT2D eigenvalue weighted by molar-refractivity contribution is -0.116. The zero-order chi connectivity index (χ0) is 19.2. The zero-order valence-corrected chi connectivity index (χ0v) is 15.9. The van der Waals surface area contributed by atoms with Crippen LogP contribution in [0.25, 0.3) is 0 Å². The fourth-order valence-electron chi connectivity index (χ4n) is 2.65. The Morgan fingerprint density at radius 1 is 1.15 bits per heavy atom. The van der Waals surface area contributed by atoms with Gasteiger partial charge in [0.1, 0.15) is 0 Å². The van der Waals surface area contributed by atoms with Crippen molar-refractivity contribution in [3.8, 4) is 0 Å². The van der Waals surface area contributed by atoms with Gasteiger partial charge in [-0.3, -0.25) is 9.69 Å². The van der Waals surface area contributed by atoms with Gasteiger partial charge in [0.15, 0.2) is 0 Å². The second kappa shape index (κ2) is 8.93. The minimum Gasteiger partial charge on any atom is -0.326 e. The molecule has 26 heavy (non-hydrogen) atoms. The van der Waals surface area contributed by atoms with Crippen molar-refractivity contribution in [1.29, 1.82) is 0 Å². The summed E-state index contributed by atoms with van der Waals surface area (Å²) in [6, 6.07) is 14.2. The summed E-state index contributed by atoms with van der Waals surface area (Å²) >= 11 is 0. The van der Waals surface area contributed by atoms with Gasteiger partial charge in [-0.15, -0.1) is 0 Å². The number of amides is 1. The van der Waals surface area contributed by atoms with Crippen molar-refractivity contribution in [2.24, 2.45) is 5.14 Å². The summed E-state index contributed by atoms with van der Waals surface area (Å²) in [5.41, 5.74) is 2.85. The molecule has 7 heteroatoms. The molecule has 6 nitrogen and oxygen atoms in total. The van der Waals surface area contributed by atoms with Gasteiger partial charge < -0.3 is 5.32 Å². The monoisotopic (exact) mass is 375 g/mol. The Hall–Kier alpha value is -2.22. The molecule has 0 radical (unpaired) electrons. The summed E-state index contributed by atoms with van der Waals surface area (Å²) in [6.07, 6.45) is 0.319. The van der Waals surface area contributed by atoms with E-state index in [0.29, 0.717) is 18.7 Å². The number of benzene rings is 2. The molecule has 0 aliphatic rings. The van der Waals surface area contributed by atoms with Crippen LogP contribution in [0.4, 0.5) is 5.69 Å². The number of sulfonamides is 1. The van der Waals surface area contributed by atoms with E-state index in [9.17, 15) is 13.2 Å². The average Bonchev–Trinajstić information content (AvgIpc) is 2.58. The van der Waals surface area contributed by atoms with Crippen molar-refractivity contribution in [2.75, 3.05) is 18.4 Å². The molecule has 2 aromatic rings. The summed E-state index contributed by atoms with van der Waals surface area (Å²) in [4.78, 5) is 14.3. The first kappa shape index (κ1) is 20.1. The number of hydrogen-bond donors (Lipinski definition) is 2. The van der Waals surface area contributed by atoms with Crippen molar-refractivity contribution >= 4 is 21.6 Å². The number of primary sulfonamides is 1. The minimum atomic E-state index is -3.79. The van der Waals surface area contributed by atoms with Crippen LogP contribution in [0, 0.1) is 6.92 Å². The standard InChI is InChI=1S/C19H25N3O3S/c1-3-22(14-16-7-4-6-15(2)12-16)11-10-19(23)21-17-8-5-9-18(13-17)26(20,24)25/h4-9,12-13H,3,10-11,14H2,1-2H3,(H,21,23)(H2,20,24,25). The van der Waals surface area contributed by atoms with Crippen LogP contribution in [-0.2, 0) is 21.4 Å². The van der Waals surface area contributed by atoms with Crippen molar-refractivity contribution in [1.82, 2.24) is 4.90 Å². The summed E-state index contributed by atoms with van der Waals surface area (Å²) in [7, 11) is -3.79. The van der Waals surface area contributed by atoms with Crippen LogP contribution in [0.2, 0.25) is 0 Å². The predicted molar refractivity (Wildman–Crippen MR) is 103 cm³/mol. The molecule has 0 heterocycles. The largest absolute Gasteiger partial charge is 0.326 e. The zero-order valence-electron chi connectivity index (χ0n) is 15.1. The van der Waals surface area contributed by atoms with Crippen molar-refractivity contribution < 1.29 is 13.2 Å². The Balaban J connectivity index is 1.91. The number of carbonyl (C=O) groups is 1. The smallest absolute Gasteiger partial charge is 0.238 e. The molecule has 0 aromatic heterocycles. The highest BCUT2D eigenvalue weighted by Crippen LogP contribution is 2.14. The van der Waals surface area contributed by atoms with Crippen molar-refractivity contribution in [3.05, 3.63) is 59.7 Å². The molecule has 2 aromatic carbocycles. The van der Waals surface area contributed by atoms with Gasteiger partial charge in [0, 0.05) is 25.2 Å². The van der Waals surface area contributed by atoms with Crippen LogP contribution in [0.3, 0.4) is 0 Å². The van der Waals surface area contributed by atoms with E-state index in [4.69, 9.17) is 5.14 Å². The van der Waals surface area contributed by atoms with Gasteiger partial charge in [-0.25, -0.2) is 13.6 Å². The van der Waals surface area contributed by atoms with Gasteiger partial charge in [-0.05, 0) is 37.2 Å². The van der Waals surface area contributed by atoms with Gasteiger partial charge >= 0.3 is 0 Å². The number of nitrogens with two attached hydrogens (primary N) is 1. The third-order valence-electron chi connectivity index (χ3n) is 4.04. The van der Waals surface area contributed by atoms with E-state index in [2.05, 4.69) is 42.3 Å².